The van der Waals surface area contributed by atoms with Crippen molar-refractivity contribution < 1.29 is 9.59 Å². The number of rotatable bonds is 4. The molecule has 0 heterocycles. The number of halogens is 1. The molecule has 1 rings (SSSR count). The van der Waals surface area contributed by atoms with E-state index in [2.05, 4.69) is 26.6 Å². The molecular formula is C15H22BrN3O2. The highest BCUT2D eigenvalue weighted by Crippen LogP contribution is 2.20. The molecule has 0 saturated carbocycles. The van der Waals surface area contributed by atoms with Crippen LogP contribution in [0.25, 0.3) is 0 Å². The number of nitrogens with two attached hydrogens (primary N) is 1. The first kappa shape index (κ1) is 17.7. The van der Waals surface area contributed by atoms with E-state index in [1.165, 1.54) is 0 Å². The van der Waals surface area contributed by atoms with Crippen molar-refractivity contribution in [2.45, 2.75) is 33.7 Å². The number of nitrogens with one attached hydrogen (secondary N) is 2. The highest BCUT2D eigenvalue weighted by atomic mass is 79.9. The number of amides is 2. The van der Waals surface area contributed by atoms with Crippen molar-refractivity contribution in [1.29, 1.82) is 0 Å². The van der Waals surface area contributed by atoms with Gasteiger partial charge in [0.2, 0.25) is 11.8 Å². The van der Waals surface area contributed by atoms with Crippen LogP contribution in [-0.4, -0.2) is 24.4 Å². The summed E-state index contributed by atoms with van der Waals surface area (Å²) >= 11 is 3.40. The zero-order chi connectivity index (χ0) is 16.2. The lowest BCUT2D eigenvalue weighted by atomic mass is 9.87. The van der Waals surface area contributed by atoms with E-state index in [4.69, 9.17) is 5.73 Å². The SMILES string of the molecule is Cc1cc(NC(=O)CNC(=O)[C@@H](N)C(C)(C)C)ccc1Br. The van der Waals surface area contributed by atoms with Crippen molar-refractivity contribution >= 4 is 33.4 Å². The Morgan fingerprint density at radius 3 is 2.48 bits per heavy atom. The summed E-state index contributed by atoms with van der Waals surface area (Å²) in [6.45, 7) is 7.47. The number of carbonyl (C=O) groups is 2. The molecule has 1 atom stereocenters. The van der Waals surface area contributed by atoms with Crippen molar-refractivity contribution in [3.8, 4) is 0 Å². The average Bonchev–Trinajstić information content (AvgIpc) is 2.38. The minimum Gasteiger partial charge on any atom is -0.346 e. The lowest BCUT2D eigenvalue weighted by Gasteiger charge is -2.25. The van der Waals surface area contributed by atoms with E-state index >= 15 is 0 Å². The minimum atomic E-state index is -0.653. The molecule has 0 bridgehead atoms. The van der Waals surface area contributed by atoms with Gasteiger partial charge in [-0.25, -0.2) is 0 Å². The molecule has 0 unspecified atom stereocenters. The van der Waals surface area contributed by atoms with E-state index in [0.717, 1.165) is 10.0 Å². The lowest BCUT2D eigenvalue weighted by molar-refractivity contribution is -0.126. The highest BCUT2D eigenvalue weighted by molar-refractivity contribution is 9.10. The second-order valence-electron chi connectivity index (χ2n) is 6.07. The molecule has 0 aliphatic carbocycles. The summed E-state index contributed by atoms with van der Waals surface area (Å²) in [5.41, 5.74) is 7.19. The van der Waals surface area contributed by atoms with E-state index in [-0.39, 0.29) is 23.8 Å². The molecule has 21 heavy (non-hydrogen) atoms. The Balaban J connectivity index is 2.51. The topological polar surface area (TPSA) is 84.2 Å². The van der Waals surface area contributed by atoms with Crippen LogP contribution in [0.3, 0.4) is 0 Å². The Morgan fingerprint density at radius 2 is 1.95 bits per heavy atom. The van der Waals surface area contributed by atoms with E-state index in [1.54, 1.807) is 6.07 Å². The van der Waals surface area contributed by atoms with Crippen LogP contribution in [0, 0.1) is 12.3 Å². The van der Waals surface area contributed by atoms with E-state index in [0.29, 0.717) is 5.69 Å². The van der Waals surface area contributed by atoms with E-state index in [1.807, 2.05) is 39.8 Å². The first-order valence-corrected chi connectivity index (χ1v) is 7.50. The molecule has 0 aromatic heterocycles. The normalized spacial score (nSPS) is 12.7. The van der Waals surface area contributed by atoms with Gasteiger partial charge in [0.15, 0.2) is 0 Å². The molecule has 6 heteroatoms. The van der Waals surface area contributed by atoms with Gasteiger partial charge in [0, 0.05) is 10.2 Å². The largest absolute Gasteiger partial charge is 0.346 e. The van der Waals surface area contributed by atoms with Gasteiger partial charge in [-0.05, 0) is 36.1 Å². The Labute approximate surface area is 133 Å². The molecule has 4 N–H and O–H groups in total. The van der Waals surface area contributed by atoms with E-state index < -0.39 is 6.04 Å². The number of carbonyl (C=O) groups excluding carboxylic acids is 2. The summed E-state index contributed by atoms with van der Waals surface area (Å²) in [5, 5.41) is 5.28. The number of aryl methyl sites for hydroxylation is 1. The molecule has 1 aromatic carbocycles. The average molecular weight is 356 g/mol. The van der Waals surface area contributed by atoms with Crippen molar-refractivity contribution in [1.82, 2.24) is 5.32 Å². The van der Waals surface area contributed by atoms with Crippen molar-refractivity contribution in [3.05, 3.63) is 28.2 Å². The Bertz CT molecular complexity index is 538. The van der Waals surface area contributed by atoms with Crippen LogP contribution < -0.4 is 16.4 Å². The number of benzene rings is 1. The summed E-state index contributed by atoms with van der Waals surface area (Å²) in [6.07, 6.45) is 0. The van der Waals surface area contributed by atoms with Gasteiger partial charge in [-0.3, -0.25) is 9.59 Å². The molecule has 0 radical (unpaired) electrons. The summed E-state index contributed by atoms with van der Waals surface area (Å²) in [4.78, 5) is 23.6. The third-order valence-electron chi connectivity index (χ3n) is 3.08. The third kappa shape index (κ3) is 5.47. The predicted molar refractivity (Wildman–Crippen MR) is 87.9 cm³/mol. The number of anilines is 1. The summed E-state index contributed by atoms with van der Waals surface area (Å²) < 4.78 is 0.977. The fraction of sp³-hybridized carbons (Fsp3) is 0.467. The van der Waals surface area contributed by atoms with Gasteiger partial charge in [-0.2, -0.15) is 0 Å². The first-order valence-electron chi connectivity index (χ1n) is 6.70. The van der Waals surface area contributed by atoms with Gasteiger partial charge in [0.1, 0.15) is 0 Å². The monoisotopic (exact) mass is 355 g/mol. The van der Waals surface area contributed by atoms with Crippen molar-refractivity contribution in [2.75, 3.05) is 11.9 Å². The van der Waals surface area contributed by atoms with Crippen LogP contribution >= 0.6 is 15.9 Å². The molecule has 0 fully saturated rings. The van der Waals surface area contributed by atoms with Crippen molar-refractivity contribution in [3.63, 3.8) is 0 Å². The van der Waals surface area contributed by atoms with Crippen LogP contribution in [0.1, 0.15) is 26.3 Å². The van der Waals surface area contributed by atoms with E-state index in [9.17, 15) is 9.59 Å². The first-order chi connectivity index (χ1) is 9.61. The Hall–Kier alpha value is -1.40. The molecule has 0 aliphatic heterocycles. The van der Waals surface area contributed by atoms with Crippen LogP contribution in [0.5, 0.6) is 0 Å². The molecule has 0 spiro atoms. The Morgan fingerprint density at radius 1 is 1.33 bits per heavy atom. The van der Waals surface area contributed by atoms with Crippen LogP contribution in [0.2, 0.25) is 0 Å². The predicted octanol–water partition coefficient (Wildman–Crippen LogP) is 2.19. The molecule has 1 aromatic rings. The van der Waals surface area contributed by atoms with Gasteiger partial charge < -0.3 is 16.4 Å². The fourth-order valence-electron chi connectivity index (χ4n) is 1.60. The summed E-state index contributed by atoms with van der Waals surface area (Å²) in [5.74, 6) is -0.615. The van der Waals surface area contributed by atoms with Gasteiger partial charge >= 0.3 is 0 Å². The fourth-order valence-corrected chi connectivity index (χ4v) is 1.84. The highest BCUT2D eigenvalue weighted by Gasteiger charge is 2.27. The van der Waals surface area contributed by atoms with Gasteiger partial charge in [-0.15, -0.1) is 0 Å². The second-order valence-corrected chi connectivity index (χ2v) is 6.93. The maximum absolute atomic E-state index is 11.8. The molecule has 0 aliphatic rings. The van der Waals surface area contributed by atoms with Gasteiger partial charge in [-0.1, -0.05) is 36.7 Å². The molecule has 2 amide bonds. The summed E-state index contributed by atoms with van der Waals surface area (Å²) in [7, 11) is 0. The third-order valence-corrected chi connectivity index (χ3v) is 3.97. The summed E-state index contributed by atoms with van der Waals surface area (Å²) in [6, 6.07) is 4.85. The second kappa shape index (κ2) is 7.04. The van der Waals surface area contributed by atoms with Gasteiger partial charge in [0.05, 0.1) is 12.6 Å². The number of hydrogen-bond acceptors (Lipinski definition) is 3. The maximum atomic E-state index is 11.8. The minimum absolute atomic E-state index is 0.0995. The van der Waals surface area contributed by atoms with Crippen LogP contribution in [0.4, 0.5) is 5.69 Å². The standard InChI is InChI=1S/C15H22BrN3O2/c1-9-7-10(5-6-11(9)16)19-12(20)8-18-14(21)13(17)15(2,3)4/h5-7,13H,8,17H2,1-4H3,(H,18,21)(H,19,20)/t13-/m1/s1. The smallest absolute Gasteiger partial charge is 0.243 e. The zero-order valence-corrected chi connectivity index (χ0v) is 14.4. The molecule has 116 valence electrons. The molecule has 5 nitrogen and oxygen atoms in total. The molecular weight excluding hydrogens is 334 g/mol. The lowest BCUT2D eigenvalue weighted by Crippen LogP contribution is -2.50. The van der Waals surface area contributed by atoms with Crippen LogP contribution in [0.15, 0.2) is 22.7 Å². The van der Waals surface area contributed by atoms with Crippen molar-refractivity contribution in [2.24, 2.45) is 11.1 Å². The maximum Gasteiger partial charge on any atom is 0.243 e. The quantitative estimate of drug-likeness (QED) is 0.773. The Kier molecular flexibility index (Phi) is 5.92. The number of hydrogen-bond donors (Lipinski definition) is 3. The van der Waals surface area contributed by atoms with Gasteiger partial charge in [0.25, 0.3) is 0 Å². The van der Waals surface area contributed by atoms with Crippen LogP contribution in [-0.2, 0) is 9.59 Å². The molecule has 0 saturated heterocycles. The zero-order valence-electron chi connectivity index (χ0n) is 12.8.